The number of carbonyl (C=O) groups excluding carboxylic acids is 1. The van der Waals surface area contributed by atoms with Crippen LogP contribution >= 0.6 is 0 Å². The first-order valence-electron chi connectivity index (χ1n) is 8.27. The molecule has 0 atom stereocenters. The molecule has 1 heterocycles. The van der Waals surface area contributed by atoms with Crippen molar-refractivity contribution < 1.29 is 27.1 Å². The Morgan fingerprint density at radius 3 is 2.38 bits per heavy atom. The van der Waals surface area contributed by atoms with E-state index in [9.17, 15) is 22.4 Å². The van der Waals surface area contributed by atoms with Crippen molar-refractivity contribution in [3.05, 3.63) is 94.8 Å². The summed E-state index contributed by atoms with van der Waals surface area (Å²) in [4.78, 5) is 15.6. The number of hydrogen-bond donors (Lipinski definition) is 0. The summed E-state index contributed by atoms with van der Waals surface area (Å²) >= 11 is 0. The number of hydrogen-bond acceptors (Lipinski definition) is 4. The Balaban J connectivity index is 1.72. The van der Waals surface area contributed by atoms with Gasteiger partial charge in [-0.15, -0.1) is 0 Å². The molecule has 29 heavy (non-hydrogen) atoms. The fraction of sp³-hybridized carbons (Fsp3) is 0.0952. The number of pyridine rings is 1. The first kappa shape index (κ1) is 20.0. The van der Waals surface area contributed by atoms with E-state index in [0.29, 0.717) is 29.0 Å². The maximum Gasteiger partial charge on any atom is 0.351 e. The maximum atomic E-state index is 14.4. The number of halogens is 4. The minimum Gasteiger partial charge on any atom is -0.489 e. The van der Waals surface area contributed by atoms with E-state index < -0.39 is 34.6 Å². The van der Waals surface area contributed by atoms with Crippen LogP contribution in [-0.4, -0.2) is 10.8 Å². The van der Waals surface area contributed by atoms with Crippen LogP contribution in [0.15, 0.2) is 60.8 Å². The highest BCUT2D eigenvalue weighted by Crippen LogP contribution is 2.31. The second kappa shape index (κ2) is 8.10. The van der Waals surface area contributed by atoms with Gasteiger partial charge in [0, 0.05) is 17.8 Å². The van der Waals surface area contributed by atoms with Crippen LogP contribution in [0.2, 0.25) is 0 Å². The molecule has 0 amide bonds. The number of carbonyl (C=O) groups is 1. The van der Waals surface area contributed by atoms with Crippen molar-refractivity contribution in [1.82, 2.24) is 4.98 Å². The van der Waals surface area contributed by atoms with Crippen LogP contribution in [0.4, 0.5) is 17.6 Å². The fourth-order valence-electron chi connectivity index (χ4n) is 2.45. The molecule has 0 bridgehead atoms. The summed E-state index contributed by atoms with van der Waals surface area (Å²) in [5.74, 6) is -7.79. The summed E-state index contributed by atoms with van der Waals surface area (Å²) in [6.45, 7) is 0.0191. The highest BCUT2D eigenvalue weighted by Gasteiger charge is 2.44. The molecule has 0 aliphatic heterocycles. The van der Waals surface area contributed by atoms with Crippen molar-refractivity contribution in [3.8, 4) is 11.8 Å². The minimum atomic E-state index is -4.09. The Hall–Kier alpha value is -3.73. The normalized spacial score (nSPS) is 11.0. The molecule has 2 aromatic carbocycles. The molecule has 3 aromatic rings. The molecule has 0 aliphatic carbocycles. The molecule has 0 unspecified atom stereocenters. The molecule has 0 saturated heterocycles. The maximum absolute atomic E-state index is 14.4. The van der Waals surface area contributed by atoms with Crippen LogP contribution in [0, 0.1) is 23.0 Å². The van der Waals surface area contributed by atoms with Gasteiger partial charge in [0.2, 0.25) is 5.78 Å². The van der Waals surface area contributed by atoms with Crippen molar-refractivity contribution in [2.24, 2.45) is 0 Å². The lowest BCUT2D eigenvalue weighted by Crippen LogP contribution is -2.28. The van der Waals surface area contributed by atoms with E-state index in [1.165, 1.54) is 6.07 Å². The summed E-state index contributed by atoms with van der Waals surface area (Å²) in [7, 11) is 0. The van der Waals surface area contributed by atoms with Crippen LogP contribution in [0.1, 0.15) is 27.2 Å². The number of ether oxygens (including phenoxy) is 1. The lowest BCUT2D eigenvalue weighted by atomic mass is 10.0. The van der Waals surface area contributed by atoms with Gasteiger partial charge in [0.15, 0.2) is 0 Å². The number of Topliss-reactive ketones (excluding diaryl/α,β-unsaturated/α-hetero) is 1. The second-order valence-corrected chi connectivity index (χ2v) is 6.00. The monoisotopic (exact) mass is 400 g/mol. The fourth-order valence-corrected chi connectivity index (χ4v) is 2.45. The molecule has 0 aliphatic rings. The molecule has 0 spiro atoms. The first-order chi connectivity index (χ1) is 13.8. The zero-order valence-electron chi connectivity index (χ0n) is 14.7. The van der Waals surface area contributed by atoms with E-state index in [2.05, 4.69) is 4.98 Å². The SMILES string of the molecule is N#Cc1ccc(OCc2ccc(C(F)(F)C(=O)c3ccc(F)cc3F)nc2)cc1. The Morgan fingerprint density at radius 2 is 1.79 bits per heavy atom. The number of aromatic nitrogens is 1. The van der Waals surface area contributed by atoms with Gasteiger partial charge in [-0.1, -0.05) is 6.07 Å². The van der Waals surface area contributed by atoms with Gasteiger partial charge in [0.1, 0.15) is 29.7 Å². The van der Waals surface area contributed by atoms with Gasteiger partial charge < -0.3 is 4.74 Å². The van der Waals surface area contributed by atoms with Gasteiger partial charge in [-0.3, -0.25) is 9.78 Å². The number of nitrogens with zero attached hydrogens (tertiary/aromatic N) is 2. The molecular weight excluding hydrogens is 388 g/mol. The molecule has 8 heteroatoms. The number of benzene rings is 2. The van der Waals surface area contributed by atoms with Gasteiger partial charge in [-0.05, 0) is 42.5 Å². The number of ketones is 1. The topological polar surface area (TPSA) is 63.0 Å². The van der Waals surface area contributed by atoms with Crippen molar-refractivity contribution in [1.29, 1.82) is 5.26 Å². The van der Waals surface area contributed by atoms with Gasteiger partial charge >= 0.3 is 5.92 Å². The summed E-state index contributed by atoms with van der Waals surface area (Å²) in [6, 6.07) is 12.3. The smallest absolute Gasteiger partial charge is 0.351 e. The van der Waals surface area contributed by atoms with Gasteiger partial charge in [0.25, 0.3) is 0 Å². The van der Waals surface area contributed by atoms with E-state index in [-0.39, 0.29) is 6.61 Å². The van der Waals surface area contributed by atoms with Crippen molar-refractivity contribution >= 4 is 5.78 Å². The zero-order chi connectivity index (χ0) is 21.0. The zero-order valence-corrected chi connectivity index (χ0v) is 14.7. The van der Waals surface area contributed by atoms with Crippen LogP contribution < -0.4 is 4.74 Å². The second-order valence-electron chi connectivity index (χ2n) is 6.00. The standard InChI is InChI=1S/C21H12F4N2O2/c22-15-4-7-17(18(23)9-15)20(28)21(24,25)19-8-3-14(11-27-19)12-29-16-5-1-13(10-26)2-6-16/h1-9,11H,12H2. The third-order valence-electron chi connectivity index (χ3n) is 4.00. The molecule has 3 rings (SSSR count). The van der Waals surface area contributed by atoms with E-state index in [0.717, 1.165) is 18.3 Å². The predicted molar refractivity (Wildman–Crippen MR) is 94.3 cm³/mol. The first-order valence-corrected chi connectivity index (χ1v) is 8.27. The Labute approximate surface area is 163 Å². The van der Waals surface area contributed by atoms with Crippen LogP contribution in [0.5, 0.6) is 5.75 Å². The Morgan fingerprint density at radius 1 is 1.07 bits per heavy atom. The summed E-state index contributed by atoms with van der Waals surface area (Å²) in [5, 5.41) is 8.75. The minimum absolute atomic E-state index is 0.0191. The molecule has 0 N–H and O–H groups in total. The van der Waals surface area contributed by atoms with Gasteiger partial charge in [-0.2, -0.15) is 14.0 Å². The summed E-state index contributed by atoms with van der Waals surface area (Å²) in [6.07, 6.45) is 1.11. The molecule has 0 radical (unpaired) electrons. The number of rotatable bonds is 6. The van der Waals surface area contributed by atoms with Crippen molar-refractivity contribution in [3.63, 3.8) is 0 Å². The molecular formula is C21H12F4N2O2. The highest BCUT2D eigenvalue weighted by atomic mass is 19.3. The van der Waals surface area contributed by atoms with Crippen LogP contribution in [-0.2, 0) is 12.5 Å². The molecule has 4 nitrogen and oxygen atoms in total. The van der Waals surface area contributed by atoms with E-state index in [1.807, 2.05) is 6.07 Å². The lowest BCUT2D eigenvalue weighted by Gasteiger charge is -2.15. The van der Waals surface area contributed by atoms with Gasteiger partial charge in [-0.25, -0.2) is 8.78 Å². The third kappa shape index (κ3) is 4.41. The molecule has 1 aromatic heterocycles. The Bertz CT molecular complexity index is 1080. The average molecular weight is 400 g/mol. The molecule has 0 saturated carbocycles. The predicted octanol–water partition coefficient (Wildman–Crippen LogP) is 4.79. The summed E-state index contributed by atoms with van der Waals surface area (Å²) < 4.78 is 61.0. The quantitative estimate of drug-likeness (QED) is 0.441. The Kier molecular flexibility index (Phi) is 5.59. The molecule has 0 fully saturated rings. The largest absolute Gasteiger partial charge is 0.489 e. The molecule has 146 valence electrons. The summed E-state index contributed by atoms with van der Waals surface area (Å²) in [5.41, 5.74) is -0.873. The third-order valence-corrected chi connectivity index (χ3v) is 4.00. The van der Waals surface area contributed by atoms with Gasteiger partial charge in [0.05, 0.1) is 17.2 Å². The van der Waals surface area contributed by atoms with Crippen LogP contribution in [0.3, 0.4) is 0 Å². The lowest BCUT2D eigenvalue weighted by molar-refractivity contribution is 0.00423. The van der Waals surface area contributed by atoms with Crippen LogP contribution in [0.25, 0.3) is 0 Å². The van der Waals surface area contributed by atoms with Crippen molar-refractivity contribution in [2.75, 3.05) is 0 Å². The van der Waals surface area contributed by atoms with E-state index in [4.69, 9.17) is 10.00 Å². The average Bonchev–Trinajstić information content (AvgIpc) is 2.72. The van der Waals surface area contributed by atoms with E-state index in [1.54, 1.807) is 24.3 Å². The van der Waals surface area contributed by atoms with E-state index >= 15 is 0 Å². The van der Waals surface area contributed by atoms with Crippen molar-refractivity contribution in [2.45, 2.75) is 12.5 Å². The number of nitriles is 1. The number of alkyl halides is 2. The highest BCUT2D eigenvalue weighted by molar-refractivity contribution is 6.01.